The minimum Gasteiger partial charge on any atom is -0.493 e. The number of ether oxygens (including phenoxy) is 1. The van der Waals surface area contributed by atoms with Gasteiger partial charge in [-0.25, -0.2) is 0 Å². The van der Waals surface area contributed by atoms with Crippen molar-refractivity contribution < 1.29 is 23.0 Å². The van der Waals surface area contributed by atoms with Gasteiger partial charge in [0.2, 0.25) is 5.60 Å². The van der Waals surface area contributed by atoms with Crippen molar-refractivity contribution in [1.29, 1.82) is 0 Å². The Morgan fingerprint density at radius 1 is 1.28 bits per heavy atom. The van der Waals surface area contributed by atoms with Crippen molar-refractivity contribution in [3.63, 3.8) is 0 Å². The first-order valence-electron chi connectivity index (χ1n) is 5.58. The number of hydrogen-bond acceptors (Lipinski definition) is 3. The van der Waals surface area contributed by atoms with E-state index in [0.29, 0.717) is 6.42 Å². The molecule has 0 aromatic heterocycles. The fraction of sp³-hybridized carbons (Fsp3) is 0.500. The molecule has 0 bridgehead atoms. The highest BCUT2D eigenvalue weighted by atomic mass is 19.4. The Morgan fingerprint density at radius 3 is 2.39 bits per heavy atom. The number of hydrogen-bond donors (Lipinski definition) is 2. The molecule has 1 unspecified atom stereocenters. The molecule has 0 saturated heterocycles. The summed E-state index contributed by atoms with van der Waals surface area (Å²) < 4.78 is 43.9. The average Bonchev–Trinajstić information content (AvgIpc) is 2.34. The van der Waals surface area contributed by atoms with Crippen molar-refractivity contribution in [2.45, 2.75) is 25.1 Å². The predicted octanol–water partition coefficient (Wildman–Crippen LogP) is 2.18. The molecule has 0 aliphatic carbocycles. The molecule has 0 aliphatic rings. The van der Waals surface area contributed by atoms with Crippen LogP contribution in [-0.2, 0) is 5.60 Å². The van der Waals surface area contributed by atoms with Crippen LogP contribution in [0.25, 0.3) is 0 Å². The number of rotatable bonds is 5. The Labute approximate surface area is 103 Å². The number of halogens is 3. The SMILES string of the molecule is CCCOc1ccccc1C(O)(CN)C(F)(F)F. The Bertz CT molecular complexity index is 395. The second-order valence-electron chi connectivity index (χ2n) is 3.91. The van der Waals surface area contributed by atoms with Gasteiger partial charge >= 0.3 is 6.18 Å². The maximum atomic E-state index is 12.9. The van der Waals surface area contributed by atoms with Crippen LogP contribution >= 0.6 is 0 Å². The summed E-state index contributed by atoms with van der Waals surface area (Å²) in [4.78, 5) is 0. The lowest BCUT2D eigenvalue weighted by Gasteiger charge is -2.30. The number of nitrogens with two attached hydrogens (primary N) is 1. The van der Waals surface area contributed by atoms with Gasteiger partial charge in [-0.1, -0.05) is 25.1 Å². The van der Waals surface area contributed by atoms with E-state index in [2.05, 4.69) is 0 Å². The first kappa shape index (κ1) is 14.8. The van der Waals surface area contributed by atoms with Crippen molar-refractivity contribution in [3.05, 3.63) is 29.8 Å². The molecule has 0 fully saturated rings. The fourth-order valence-electron chi connectivity index (χ4n) is 1.52. The maximum absolute atomic E-state index is 12.9. The Morgan fingerprint density at radius 2 is 1.89 bits per heavy atom. The van der Waals surface area contributed by atoms with E-state index in [1.54, 1.807) is 6.07 Å². The molecule has 0 heterocycles. The molecule has 6 heteroatoms. The standard InChI is InChI=1S/C12H16F3NO2/c1-2-7-18-10-6-4-3-5-9(10)11(17,8-16)12(13,14)15/h3-6,17H,2,7-8,16H2,1H3. The molecule has 3 nitrogen and oxygen atoms in total. The van der Waals surface area contributed by atoms with Gasteiger partial charge in [-0.2, -0.15) is 13.2 Å². The summed E-state index contributed by atoms with van der Waals surface area (Å²) in [6.45, 7) is 1.15. The monoisotopic (exact) mass is 263 g/mol. The number of aliphatic hydroxyl groups is 1. The average molecular weight is 263 g/mol. The van der Waals surface area contributed by atoms with Crippen molar-refractivity contribution in [2.24, 2.45) is 5.73 Å². The molecule has 1 aromatic carbocycles. The first-order valence-corrected chi connectivity index (χ1v) is 5.58. The van der Waals surface area contributed by atoms with Crippen molar-refractivity contribution in [1.82, 2.24) is 0 Å². The molecule has 102 valence electrons. The largest absolute Gasteiger partial charge is 0.493 e. The zero-order valence-corrected chi connectivity index (χ0v) is 10.00. The van der Waals surface area contributed by atoms with E-state index in [-0.39, 0.29) is 17.9 Å². The van der Waals surface area contributed by atoms with Crippen LogP contribution in [0.5, 0.6) is 5.75 Å². The van der Waals surface area contributed by atoms with Gasteiger partial charge in [-0.15, -0.1) is 0 Å². The van der Waals surface area contributed by atoms with Crippen molar-refractivity contribution >= 4 is 0 Å². The van der Waals surface area contributed by atoms with Crippen LogP contribution < -0.4 is 10.5 Å². The summed E-state index contributed by atoms with van der Waals surface area (Å²) in [6.07, 6.45) is -4.20. The normalized spacial score (nSPS) is 15.2. The highest BCUT2D eigenvalue weighted by Crippen LogP contribution is 2.41. The lowest BCUT2D eigenvalue weighted by atomic mass is 9.92. The highest BCUT2D eigenvalue weighted by Gasteiger charge is 2.55. The lowest BCUT2D eigenvalue weighted by molar-refractivity contribution is -0.262. The first-order chi connectivity index (χ1) is 8.36. The third kappa shape index (κ3) is 2.76. The summed E-state index contributed by atoms with van der Waals surface area (Å²) in [6, 6.07) is 5.50. The molecule has 0 spiro atoms. The van der Waals surface area contributed by atoms with Gasteiger partial charge in [-0.3, -0.25) is 0 Å². The minimum atomic E-state index is -4.85. The van der Waals surface area contributed by atoms with Gasteiger partial charge in [0.25, 0.3) is 0 Å². The maximum Gasteiger partial charge on any atom is 0.422 e. The Balaban J connectivity index is 3.21. The zero-order valence-electron chi connectivity index (χ0n) is 10.00. The summed E-state index contributed by atoms with van der Waals surface area (Å²) >= 11 is 0. The quantitative estimate of drug-likeness (QED) is 0.856. The van der Waals surface area contributed by atoms with Crippen LogP contribution in [0, 0.1) is 0 Å². The number of benzene rings is 1. The van der Waals surface area contributed by atoms with Gasteiger partial charge < -0.3 is 15.6 Å². The van der Waals surface area contributed by atoms with Crippen LogP contribution in [-0.4, -0.2) is 24.4 Å². The van der Waals surface area contributed by atoms with E-state index in [4.69, 9.17) is 10.5 Å². The van der Waals surface area contributed by atoms with Crippen LogP contribution in [0.3, 0.4) is 0 Å². The second-order valence-corrected chi connectivity index (χ2v) is 3.91. The zero-order chi connectivity index (χ0) is 13.8. The van der Waals surface area contributed by atoms with Gasteiger partial charge in [0.1, 0.15) is 5.75 Å². The molecule has 1 atom stereocenters. The summed E-state index contributed by atoms with van der Waals surface area (Å²) in [7, 11) is 0. The molecule has 18 heavy (non-hydrogen) atoms. The van der Waals surface area contributed by atoms with Crippen LogP contribution in [0.1, 0.15) is 18.9 Å². The van der Waals surface area contributed by atoms with Gasteiger partial charge in [0.15, 0.2) is 0 Å². The van der Waals surface area contributed by atoms with E-state index in [0.717, 1.165) is 0 Å². The van der Waals surface area contributed by atoms with E-state index < -0.39 is 18.3 Å². The molecule has 0 amide bonds. The smallest absolute Gasteiger partial charge is 0.422 e. The van der Waals surface area contributed by atoms with E-state index in [1.165, 1.54) is 18.2 Å². The third-order valence-corrected chi connectivity index (χ3v) is 2.56. The molecule has 0 radical (unpaired) electrons. The second kappa shape index (κ2) is 5.58. The highest BCUT2D eigenvalue weighted by molar-refractivity contribution is 5.39. The van der Waals surface area contributed by atoms with Crippen LogP contribution in [0.15, 0.2) is 24.3 Å². The van der Waals surface area contributed by atoms with E-state index in [9.17, 15) is 18.3 Å². The predicted molar refractivity (Wildman–Crippen MR) is 61.2 cm³/mol. The Kier molecular flexibility index (Phi) is 4.59. The summed E-state index contributed by atoms with van der Waals surface area (Å²) in [5, 5.41) is 9.78. The van der Waals surface area contributed by atoms with E-state index in [1.807, 2.05) is 6.92 Å². The summed E-state index contributed by atoms with van der Waals surface area (Å²) in [5.41, 5.74) is 1.66. The Hall–Kier alpha value is -1.27. The van der Waals surface area contributed by atoms with Crippen molar-refractivity contribution in [2.75, 3.05) is 13.2 Å². The molecular formula is C12H16F3NO2. The molecule has 0 aliphatic heterocycles. The number of para-hydroxylation sites is 1. The molecular weight excluding hydrogens is 247 g/mol. The van der Waals surface area contributed by atoms with Crippen molar-refractivity contribution in [3.8, 4) is 5.75 Å². The minimum absolute atomic E-state index is 0.00428. The summed E-state index contributed by atoms with van der Waals surface area (Å²) in [5.74, 6) is 0.00428. The lowest BCUT2D eigenvalue weighted by Crippen LogP contribution is -2.48. The molecule has 1 rings (SSSR count). The topological polar surface area (TPSA) is 55.5 Å². The molecule has 0 saturated carbocycles. The number of alkyl halides is 3. The van der Waals surface area contributed by atoms with Gasteiger partial charge in [-0.05, 0) is 12.5 Å². The van der Waals surface area contributed by atoms with Gasteiger partial charge in [0, 0.05) is 12.1 Å². The van der Waals surface area contributed by atoms with Gasteiger partial charge in [0.05, 0.1) is 6.61 Å². The molecule has 1 aromatic rings. The fourth-order valence-corrected chi connectivity index (χ4v) is 1.52. The van der Waals surface area contributed by atoms with Crippen LogP contribution in [0.2, 0.25) is 0 Å². The molecule has 3 N–H and O–H groups in total. The third-order valence-electron chi connectivity index (χ3n) is 2.56. The van der Waals surface area contributed by atoms with E-state index >= 15 is 0 Å². The van der Waals surface area contributed by atoms with Crippen LogP contribution in [0.4, 0.5) is 13.2 Å².